The summed E-state index contributed by atoms with van der Waals surface area (Å²) in [7, 11) is 1.66. The molecule has 0 aliphatic carbocycles. The number of halogens is 3. The molecule has 6 aromatic rings. The predicted octanol–water partition coefficient (Wildman–Crippen LogP) is 8.32. The fourth-order valence-electron chi connectivity index (χ4n) is 7.48. The number of aromatic hydroxyl groups is 1. The molecule has 3 saturated heterocycles. The van der Waals surface area contributed by atoms with E-state index in [1.165, 1.54) is 57.8 Å². The normalized spacial score (nSPS) is 14.8. The van der Waals surface area contributed by atoms with Gasteiger partial charge in [-0.25, -0.2) is 0 Å². The second-order valence-electron chi connectivity index (χ2n) is 15.2. The molecule has 20 heteroatoms. The Hall–Kier alpha value is -5.98. The Balaban J connectivity index is 0.000000148. The number of nitrogen functional groups attached to an aromatic ring is 4. The van der Waals surface area contributed by atoms with Crippen LogP contribution in [0.4, 0.5) is 40.3 Å². The summed E-state index contributed by atoms with van der Waals surface area (Å²) < 4.78 is 6.07. The molecule has 17 nitrogen and oxygen atoms in total. The van der Waals surface area contributed by atoms with Crippen molar-refractivity contribution >= 4 is 79.5 Å². The molecule has 0 radical (unpaired) electrons. The maximum Gasteiger partial charge on any atom is 0.169 e. The average molecular weight is 976 g/mol. The molecule has 0 bridgehead atoms. The van der Waals surface area contributed by atoms with Gasteiger partial charge in [-0.15, -0.1) is 40.8 Å². The van der Waals surface area contributed by atoms with Crippen LogP contribution < -0.4 is 42.4 Å². The van der Waals surface area contributed by atoms with Gasteiger partial charge in [0.1, 0.15) is 11.5 Å². The number of nitrogens with zero attached hydrogens (tertiary/aromatic N) is 11. The monoisotopic (exact) mass is 973 g/mol. The standard InChI is InChI=1S/C16H20N4O.C15H18N4O.C9H13ClN4.C4H3BrClN3/c1-21-15-8-4-3-7-12(15)13-11-14(16(17)19-18-13)20-9-5-2-6-10-20;16-15-13(19-8-4-1-5-9-19)10-12(17-18-15)11-6-2-3-7-14(11)20;10-8-6-7(9(11)13-12-8)14-4-2-1-3-5-14;5-2-1-3(6)8-9-4(2)7/h3-4,7-8,11H,2,5-6,9-10H2,1H3,(H2,17,19);2-3,6-7,10,20H,1,4-5,8-9H2,(H2,16,18);6H,1-5H2,(H2,11,13);1H,(H2,7,9). The third-order valence-corrected chi connectivity index (χ3v) is 11.8. The number of methoxy groups -OCH3 is 1. The number of phenols is 1. The van der Waals surface area contributed by atoms with Crippen LogP contribution in [0.15, 0.2) is 77.3 Å². The minimum atomic E-state index is 0.205. The van der Waals surface area contributed by atoms with Crippen molar-refractivity contribution in [2.45, 2.75) is 57.8 Å². The SMILES string of the molecule is COc1ccccc1-c1cc(N2CCCCC2)c(N)nn1.Nc1nnc(-c2ccccc2O)cc1N1CCCCC1.Nc1nnc(Cl)cc1Br.Nc1nnc(Cl)cc1N1CCCCC1. The van der Waals surface area contributed by atoms with Crippen molar-refractivity contribution in [1.82, 2.24) is 40.8 Å². The molecule has 7 heterocycles. The van der Waals surface area contributed by atoms with E-state index >= 15 is 0 Å². The number of ether oxygens (including phenoxy) is 1. The van der Waals surface area contributed by atoms with Crippen LogP contribution in [0.2, 0.25) is 10.3 Å². The number of anilines is 7. The Bertz CT molecular complexity index is 2430. The molecule has 0 atom stereocenters. The van der Waals surface area contributed by atoms with Gasteiger partial charge >= 0.3 is 0 Å². The van der Waals surface area contributed by atoms with Crippen molar-refractivity contribution in [3.05, 3.63) is 87.6 Å². The van der Waals surface area contributed by atoms with Crippen LogP contribution in [0.5, 0.6) is 11.5 Å². The van der Waals surface area contributed by atoms with E-state index in [9.17, 15) is 5.11 Å². The van der Waals surface area contributed by atoms with Gasteiger partial charge in [-0.3, -0.25) is 0 Å². The second-order valence-corrected chi connectivity index (χ2v) is 16.8. The van der Waals surface area contributed by atoms with Crippen LogP contribution >= 0.6 is 39.1 Å². The van der Waals surface area contributed by atoms with Crippen LogP contribution in [0.1, 0.15) is 57.8 Å². The first kappa shape index (κ1) is 47.5. The lowest BCUT2D eigenvalue weighted by molar-refractivity contribution is 0.416. The van der Waals surface area contributed by atoms with Gasteiger partial charge in [0, 0.05) is 56.5 Å². The molecule has 3 aliphatic rings. The molecule has 338 valence electrons. The van der Waals surface area contributed by atoms with Crippen LogP contribution in [-0.4, -0.2) is 92.3 Å². The van der Waals surface area contributed by atoms with E-state index in [2.05, 4.69) is 71.4 Å². The van der Waals surface area contributed by atoms with Crippen molar-refractivity contribution in [2.75, 3.05) is 84.0 Å². The number of aromatic nitrogens is 8. The number of phenolic OH excluding ortho intramolecular Hbond substituents is 1. The Labute approximate surface area is 391 Å². The maximum absolute atomic E-state index is 9.92. The minimum Gasteiger partial charge on any atom is -0.507 e. The molecule has 9 rings (SSSR count). The van der Waals surface area contributed by atoms with E-state index in [4.69, 9.17) is 50.9 Å². The van der Waals surface area contributed by atoms with Crippen LogP contribution in [0.3, 0.4) is 0 Å². The highest BCUT2D eigenvalue weighted by Gasteiger charge is 2.19. The first-order valence-corrected chi connectivity index (χ1v) is 22.7. The zero-order valence-corrected chi connectivity index (χ0v) is 38.9. The lowest BCUT2D eigenvalue weighted by Crippen LogP contribution is -2.30. The number of nitrogens with two attached hydrogens (primary N) is 4. The quantitative estimate of drug-likeness (QED) is 0.105. The molecule has 0 saturated carbocycles. The Morgan fingerprint density at radius 2 is 0.891 bits per heavy atom. The van der Waals surface area contributed by atoms with Crippen molar-refractivity contribution in [1.29, 1.82) is 0 Å². The largest absolute Gasteiger partial charge is 0.507 e. The topological polar surface area (TPSA) is 246 Å². The summed E-state index contributed by atoms with van der Waals surface area (Å²) in [5.74, 6) is 2.76. The lowest BCUT2D eigenvalue weighted by atomic mass is 10.1. The number of para-hydroxylation sites is 2. The van der Waals surface area contributed by atoms with Gasteiger partial charge in [0.2, 0.25) is 0 Å². The highest BCUT2D eigenvalue weighted by molar-refractivity contribution is 9.10. The summed E-state index contributed by atoms with van der Waals surface area (Å²) >= 11 is 14.4. The zero-order valence-electron chi connectivity index (χ0n) is 35.8. The third kappa shape index (κ3) is 13.0. The number of hydrogen-bond acceptors (Lipinski definition) is 17. The molecule has 64 heavy (non-hydrogen) atoms. The highest BCUT2D eigenvalue weighted by atomic mass is 79.9. The van der Waals surface area contributed by atoms with Crippen molar-refractivity contribution in [2.24, 2.45) is 0 Å². The predicted molar refractivity (Wildman–Crippen MR) is 261 cm³/mol. The fourth-order valence-corrected chi connectivity index (χ4v) is 8.20. The summed E-state index contributed by atoms with van der Waals surface area (Å²) in [4.78, 5) is 6.77. The van der Waals surface area contributed by atoms with Gasteiger partial charge in [-0.1, -0.05) is 47.5 Å². The summed E-state index contributed by atoms with van der Waals surface area (Å²) in [6.07, 6.45) is 11.0. The third-order valence-electron chi connectivity index (χ3n) is 10.8. The fraction of sp³-hybridized carbons (Fsp3) is 0.364. The summed E-state index contributed by atoms with van der Waals surface area (Å²) in [5.41, 5.74) is 28.9. The summed E-state index contributed by atoms with van der Waals surface area (Å²) in [6.45, 7) is 6.12. The highest BCUT2D eigenvalue weighted by Crippen LogP contribution is 2.34. The average Bonchev–Trinajstić information content (AvgIpc) is 3.33. The first-order valence-electron chi connectivity index (χ1n) is 21.2. The smallest absolute Gasteiger partial charge is 0.169 e. The molecule has 0 spiro atoms. The Morgan fingerprint density at radius 3 is 1.34 bits per heavy atom. The molecule has 2 aromatic carbocycles. The van der Waals surface area contributed by atoms with Gasteiger partial charge in [-0.2, -0.15) is 0 Å². The zero-order chi connectivity index (χ0) is 45.4. The van der Waals surface area contributed by atoms with Gasteiger partial charge in [-0.05, 0) is 116 Å². The lowest BCUT2D eigenvalue weighted by Gasteiger charge is -2.29. The molecule has 4 aromatic heterocycles. The molecular formula is C44H54BrCl2N15O2. The second kappa shape index (κ2) is 23.6. The van der Waals surface area contributed by atoms with Gasteiger partial charge in [0.25, 0.3) is 0 Å². The van der Waals surface area contributed by atoms with Crippen LogP contribution in [0, 0.1) is 0 Å². The summed E-state index contributed by atoms with van der Waals surface area (Å²) in [6, 6.07) is 22.3. The van der Waals surface area contributed by atoms with Crippen molar-refractivity contribution in [3.8, 4) is 34.0 Å². The number of rotatable bonds is 6. The maximum atomic E-state index is 9.92. The van der Waals surface area contributed by atoms with E-state index < -0.39 is 0 Å². The van der Waals surface area contributed by atoms with Crippen LogP contribution in [0.25, 0.3) is 22.5 Å². The number of piperidine rings is 3. The minimum absolute atomic E-state index is 0.205. The van der Waals surface area contributed by atoms with Gasteiger partial charge in [0.15, 0.2) is 33.6 Å². The van der Waals surface area contributed by atoms with Gasteiger partial charge < -0.3 is 47.5 Å². The van der Waals surface area contributed by atoms with E-state index in [0.717, 1.165) is 73.3 Å². The van der Waals surface area contributed by atoms with Gasteiger partial charge in [0.05, 0.1) is 40.0 Å². The summed E-state index contributed by atoms with van der Waals surface area (Å²) in [5, 5.41) is 41.7. The molecular weight excluding hydrogens is 921 g/mol. The molecule has 0 unspecified atom stereocenters. The molecule has 3 aliphatic heterocycles. The van der Waals surface area contributed by atoms with E-state index in [-0.39, 0.29) is 5.75 Å². The number of benzene rings is 2. The molecule has 0 amide bonds. The van der Waals surface area contributed by atoms with E-state index in [1.54, 1.807) is 31.4 Å². The van der Waals surface area contributed by atoms with E-state index in [0.29, 0.717) is 49.3 Å². The Morgan fingerprint density at radius 1 is 0.500 bits per heavy atom. The van der Waals surface area contributed by atoms with Crippen LogP contribution in [-0.2, 0) is 0 Å². The van der Waals surface area contributed by atoms with Crippen molar-refractivity contribution in [3.63, 3.8) is 0 Å². The molecule has 9 N–H and O–H groups in total. The first-order chi connectivity index (χ1) is 31.0. The van der Waals surface area contributed by atoms with Crippen molar-refractivity contribution < 1.29 is 9.84 Å². The molecule has 3 fully saturated rings. The van der Waals surface area contributed by atoms with E-state index in [1.807, 2.05) is 48.5 Å². The number of hydrogen-bond donors (Lipinski definition) is 5. The Kier molecular flexibility index (Phi) is 17.5.